The minimum absolute atomic E-state index is 0.325. The van der Waals surface area contributed by atoms with Crippen LogP contribution in [-0.4, -0.2) is 28.1 Å². The maximum Gasteiger partial charge on any atom is 0.0260 e. The monoisotopic (exact) mass is 234 g/mol. The Hall–Kier alpha value is -0.760. The quantitative estimate of drug-likeness (QED) is 0.762. The first-order valence-electron chi connectivity index (χ1n) is 6.82. The largest absolute Gasteiger partial charge is 0.354 e. The minimum atomic E-state index is 0.325. The molecule has 1 saturated heterocycles. The summed E-state index contributed by atoms with van der Waals surface area (Å²) < 4.78 is 2.35. The van der Waals surface area contributed by atoms with Gasteiger partial charge in [0.15, 0.2) is 0 Å². The smallest absolute Gasteiger partial charge is 0.0260 e. The Kier molecular flexibility index (Phi) is 3.62. The summed E-state index contributed by atoms with van der Waals surface area (Å²) in [5, 5.41) is 0. The minimum Gasteiger partial charge on any atom is -0.354 e. The third kappa shape index (κ3) is 3.35. The average Bonchev–Trinajstić information content (AvgIpc) is 2.63. The van der Waals surface area contributed by atoms with Crippen molar-refractivity contribution in [3.63, 3.8) is 0 Å². The van der Waals surface area contributed by atoms with Crippen LogP contribution in [0.25, 0.3) is 0 Å². The lowest BCUT2D eigenvalue weighted by atomic mass is 9.93. The molecular formula is C15H26N2. The van der Waals surface area contributed by atoms with E-state index >= 15 is 0 Å². The first-order chi connectivity index (χ1) is 7.95. The number of rotatable bonds is 2. The highest BCUT2D eigenvalue weighted by atomic mass is 15.2. The first kappa shape index (κ1) is 12.7. The SMILES string of the molecule is Cc1ccn(C[C@@H]2CCCN(C(C)(C)C)C2)c1. The molecule has 1 aliphatic rings. The van der Waals surface area contributed by atoms with E-state index in [0.29, 0.717) is 5.54 Å². The van der Waals surface area contributed by atoms with E-state index in [4.69, 9.17) is 0 Å². The number of piperidine rings is 1. The van der Waals surface area contributed by atoms with Gasteiger partial charge in [0.1, 0.15) is 0 Å². The highest BCUT2D eigenvalue weighted by molar-refractivity contribution is 5.07. The molecule has 1 aliphatic heterocycles. The summed E-state index contributed by atoms with van der Waals surface area (Å²) >= 11 is 0. The van der Waals surface area contributed by atoms with Crippen molar-refractivity contribution >= 4 is 0 Å². The molecule has 0 saturated carbocycles. The van der Waals surface area contributed by atoms with Crippen molar-refractivity contribution in [3.05, 3.63) is 24.0 Å². The van der Waals surface area contributed by atoms with E-state index in [1.165, 1.54) is 38.0 Å². The molecule has 0 spiro atoms. The second kappa shape index (κ2) is 4.85. The van der Waals surface area contributed by atoms with Crippen LogP contribution < -0.4 is 0 Å². The third-order valence-corrected chi connectivity index (χ3v) is 3.84. The molecule has 0 aliphatic carbocycles. The van der Waals surface area contributed by atoms with E-state index in [9.17, 15) is 0 Å². The Morgan fingerprint density at radius 2 is 2.12 bits per heavy atom. The standard InChI is InChI=1S/C15H26N2/c1-13-7-9-16(10-13)11-14-6-5-8-17(12-14)15(2,3)4/h7,9-10,14H,5-6,8,11-12H2,1-4H3/t14-/m0/s1. The topological polar surface area (TPSA) is 8.17 Å². The van der Waals surface area contributed by atoms with Gasteiger partial charge in [-0.3, -0.25) is 4.90 Å². The summed E-state index contributed by atoms with van der Waals surface area (Å²) in [6, 6.07) is 2.20. The van der Waals surface area contributed by atoms with Crippen molar-refractivity contribution in [3.8, 4) is 0 Å². The second-order valence-electron chi connectivity index (χ2n) is 6.51. The molecular weight excluding hydrogens is 208 g/mol. The van der Waals surface area contributed by atoms with E-state index in [1.54, 1.807) is 0 Å². The van der Waals surface area contributed by atoms with Gasteiger partial charge in [0.2, 0.25) is 0 Å². The van der Waals surface area contributed by atoms with Crippen LogP contribution in [0, 0.1) is 12.8 Å². The van der Waals surface area contributed by atoms with Gasteiger partial charge in [-0.15, -0.1) is 0 Å². The van der Waals surface area contributed by atoms with Crippen LogP contribution in [0.2, 0.25) is 0 Å². The van der Waals surface area contributed by atoms with E-state index in [0.717, 1.165) is 5.92 Å². The molecule has 96 valence electrons. The average molecular weight is 234 g/mol. The lowest BCUT2D eigenvalue weighted by Gasteiger charge is -2.41. The van der Waals surface area contributed by atoms with Gasteiger partial charge in [-0.1, -0.05) is 0 Å². The third-order valence-electron chi connectivity index (χ3n) is 3.84. The van der Waals surface area contributed by atoms with Gasteiger partial charge >= 0.3 is 0 Å². The molecule has 1 fully saturated rings. The number of aryl methyl sites for hydroxylation is 1. The fraction of sp³-hybridized carbons (Fsp3) is 0.733. The molecule has 2 heterocycles. The number of hydrogen-bond acceptors (Lipinski definition) is 1. The van der Waals surface area contributed by atoms with Gasteiger partial charge in [-0.05, 0) is 64.6 Å². The van der Waals surface area contributed by atoms with Crippen LogP contribution >= 0.6 is 0 Å². The molecule has 0 amide bonds. The van der Waals surface area contributed by atoms with Crippen molar-refractivity contribution in [2.24, 2.45) is 5.92 Å². The fourth-order valence-corrected chi connectivity index (χ4v) is 2.80. The van der Waals surface area contributed by atoms with Gasteiger partial charge in [0.25, 0.3) is 0 Å². The highest BCUT2D eigenvalue weighted by Crippen LogP contribution is 2.24. The lowest BCUT2D eigenvalue weighted by Crippen LogP contribution is -2.47. The zero-order valence-electron chi connectivity index (χ0n) is 11.7. The van der Waals surface area contributed by atoms with Crippen LogP contribution in [0.5, 0.6) is 0 Å². The van der Waals surface area contributed by atoms with Crippen LogP contribution in [0.1, 0.15) is 39.2 Å². The molecule has 0 N–H and O–H groups in total. The van der Waals surface area contributed by atoms with Crippen LogP contribution in [0.4, 0.5) is 0 Å². The van der Waals surface area contributed by atoms with Crippen molar-refractivity contribution in [1.82, 2.24) is 9.47 Å². The van der Waals surface area contributed by atoms with Crippen molar-refractivity contribution < 1.29 is 0 Å². The molecule has 0 aromatic carbocycles. The van der Waals surface area contributed by atoms with Crippen LogP contribution in [-0.2, 0) is 6.54 Å². The molecule has 0 radical (unpaired) electrons. The lowest BCUT2D eigenvalue weighted by molar-refractivity contribution is 0.0734. The van der Waals surface area contributed by atoms with Gasteiger partial charge in [0, 0.05) is 31.0 Å². The summed E-state index contributed by atoms with van der Waals surface area (Å²) in [6.07, 6.45) is 7.20. The number of nitrogens with zero attached hydrogens (tertiary/aromatic N) is 2. The predicted octanol–water partition coefficient (Wildman–Crippen LogP) is 3.31. The van der Waals surface area contributed by atoms with E-state index in [-0.39, 0.29) is 0 Å². The summed E-state index contributed by atoms with van der Waals surface area (Å²) in [4.78, 5) is 2.64. The maximum atomic E-state index is 2.64. The van der Waals surface area contributed by atoms with Crippen LogP contribution in [0.3, 0.4) is 0 Å². The normalized spacial score (nSPS) is 22.9. The van der Waals surface area contributed by atoms with Gasteiger partial charge < -0.3 is 4.57 Å². The van der Waals surface area contributed by atoms with Gasteiger partial charge in [0.05, 0.1) is 0 Å². The number of likely N-dealkylation sites (tertiary alicyclic amines) is 1. The number of hydrogen-bond donors (Lipinski definition) is 0. The van der Waals surface area contributed by atoms with Crippen molar-refractivity contribution in [2.75, 3.05) is 13.1 Å². The Bertz CT molecular complexity index is 359. The Morgan fingerprint density at radius 3 is 2.71 bits per heavy atom. The molecule has 1 aromatic heterocycles. The molecule has 0 unspecified atom stereocenters. The van der Waals surface area contributed by atoms with Crippen LogP contribution in [0.15, 0.2) is 18.5 Å². The summed E-state index contributed by atoms with van der Waals surface area (Å²) in [5.41, 5.74) is 1.69. The Balaban J connectivity index is 1.94. The molecule has 17 heavy (non-hydrogen) atoms. The maximum absolute atomic E-state index is 2.64. The molecule has 2 heteroatoms. The molecule has 2 nitrogen and oxygen atoms in total. The Labute approximate surface area is 106 Å². The fourth-order valence-electron chi connectivity index (χ4n) is 2.80. The molecule has 1 aromatic rings. The molecule has 1 atom stereocenters. The first-order valence-corrected chi connectivity index (χ1v) is 6.82. The molecule has 0 bridgehead atoms. The zero-order valence-corrected chi connectivity index (χ0v) is 11.7. The Morgan fingerprint density at radius 1 is 1.35 bits per heavy atom. The molecule has 2 rings (SSSR count). The number of aromatic nitrogens is 1. The van der Waals surface area contributed by atoms with E-state index in [1.807, 2.05) is 0 Å². The van der Waals surface area contributed by atoms with E-state index < -0.39 is 0 Å². The predicted molar refractivity (Wildman–Crippen MR) is 73.2 cm³/mol. The summed E-state index contributed by atoms with van der Waals surface area (Å²) in [5.74, 6) is 0.815. The van der Waals surface area contributed by atoms with Gasteiger partial charge in [-0.2, -0.15) is 0 Å². The van der Waals surface area contributed by atoms with Gasteiger partial charge in [-0.25, -0.2) is 0 Å². The summed E-state index contributed by atoms with van der Waals surface area (Å²) in [6.45, 7) is 12.9. The highest BCUT2D eigenvalue weighted by Gasteiger charge is 2.27. The van der Waals surface area contributed by atoms with E-state index in [2.05, 4.69) is 55.6 Å². The van der Waals surface area contributed by atoms with Crippen molar-refractivity contribution in [2.45, 2.75) is 52.6 Å². The second-order valence-corrected chi connectivity index (χ2v) is 6.51. The van der Waals surface area contributed by atoms with Crippen molar-refractivity contribution in [1.29, 1.82) is 0 Å². The zero-order chi connectivity index (χ0) is 12.5. The summed E-state index contributed by atoms with van der Waals surface area (Å²) in [7, 11) is 0.